The molecule has 0 fully saturated rings. The third kappa shape index (κ3) is 6.50. The van der Waals surface area contributed by atoms with Crippen LogP contribution in [0.15, 0.2) is 36.4 Å². The second-order valence-corrected chi connectivity index (χ2v) is 10.1. The normalized spacial score (nSPS) is 11.9. The molecule has 2 aromatic rings. The van der Waals surface area contributed by atoms with Gasteiger partial charge in [0.15, 0.2) is 0 Å². The standard InChI is InChI=1S/C25H29IN2O7/c1-14-11-15(2)13-17(12-14)21(29)28(25(4,5)6)27(24(33)35-20(26)23(31)32)22(30)18-9-8-10-19(34-7)16(18)3/h8-13,20H,1-7H3,(H,31,32). The maximum absolute atomic E-state index is 13.8. The Morgan fingerprint density at radius 2 is 1.54 bits per heavy atom. The van der Waals surface area contributed by atoms with E-state index in [4.69, 9.17) is 9.47 Å². The van der Waals surface area contributed by atoms with Gasteiger partial charge in [0.1, 0.15) is 5.75 Å². The molecule has 0 aliphatic carbocycles. The largest absolute Gasteiger partial charge is 0.496 e. The number of hydrogen-bond acceptors (Lipinski definition) is 6. The van der Waals surface area contributed by atoms with Crippen molar-refractivity contribution in [1.29, 1.82) is 0 Å². The topological polar surface area (TPSA) is 113 Å². The molecule has 0 aromatic heterocycles. The number of ether oxygens (including phenoxy) is 2. The lowest BCUT2D eigenvalue weighted by atomic mass is 10.0. The number of aliphatic carboxylic acids is 1. The van der Waals surface area contributed by atoms with Crippen LogP contribution < -0.4 is 4.74 Å². The fourth-order valence-electron chi connectivity index (χ4n) is 3.54. The van der Waals surface area contributed by atoms with Gasteiger partial charge in [-0.1, -0.05) is 23.3 Å². The second kappa shape index (κ2) is 11.1. The van der Waals surface area contributed by atoms with Gasteiger partial charge < -0.3 is 14.6 Å². The van der Waals surface area contributed by atoms with Gasteiger partial charge in [-0.05, 0) is 88.4 Å². The van der Waals surface area contributed by atoms with Gasteiger partial charge in [0.05, 0.1) is 12.6 Å². The molecule has 2 aromatic carbocycles. The van der Waals surface area contributed by atoms with E-state index >= 15 is 0 Å². The molecule has 10 heteroatoms. The number of carboxylic acids is 1. The van der Waals surface area contributed by atoms with Gasteiger partial charge in [-0.25, -0.2) is 14.6 Å². The summed E-state index contributed by atoms with van der Waals surface area (Å²) in [6, 6.07) is 9.91. The van der Waals surface area contributed by atoms with Crippen molar-refractivity contribution in [2.75, 3.05) is 7.11 Å². The number of hydrazine groups is 1. The molecule has 3 amide bonds. The number of carbonyl (C=O) groups is 4. The van der Waals surface area contributed by atoms with Crippen molar-refractivity contribution in [3.05, 3.63) is 64.2 Å². The monoisotopic (exact) mass is 596 g/mol. The van der Waals surface area contributed by atoms with Crippen LogP contribution in [0, 0.1) is 20.8 Å². The van der Waals surface area contributed by atoms with E-state index in [9.17, 15) is 24.3 Å². The molecule has 188 valence electrons. The van der Waals surface area contributed by atoms with Crippen molar-refractivity contribution in [3.8, 4) is 5.75 Å². The predicted molar refractivity (Wildman–Crippen MR) is 138 cm³/mol. The van der Waals surface area contributed by atoms with Gasteiger partial charge in [0.2, 0.25) is 4.11 Å². The van der Waals surface area contributed by atoms with Gasteiger partial charge in [0.25, 0.3) is 11.8 Å². The molecule has 2 rings (SSSR count). The Labute approximate surface area is 218 Å². The predicted octanol–water partition coefficient (Wildman–Crippen LogP) is 4.90. The zero-order valence-electron chi connectivity index (χ0n) is 20.7. The minimum atomic E-state index is -1.58. The zero-order chi connectivity index (χ0) is 26.7. The van der Waals surface area contributed by atoms with E-state index in [-0.39, 0.29) is 11.1 Å². The van der Waals surface area contributed by atoms with Crippen LogP contribution in [0.3, 0.4) is 0 Å². The van der Waals surface area contributed by atoms with Crippen molar-refractivity contribution in [3.63, 3.8) is 0 Å². The van der Waals surface area contributed by atoms with Crippen LogP contribution in [0.5, 0.6) is 5.75 Å². The van der Waals surface area contributed by atoms with Gasteiger partial charge in [-0.3, -0.25) is 9.59 Å². The molecule has 1 N–H and O–H groups in total. The second-order valence-electron chi connectivity index (χ2n) is 8.95. The molecule has 0 spiro atoms. The van der Waals surface area contributed by atoms with Crippen LogP contribution in [-0.2, 0) is 9.53 Å². The smallest absolute Gasteiger partial charge is 0.438 e. The van der Waals surface area contributed by atoms with Crippen molar-refractivity contribution in [2.24, 2.45) is 0 Å². The van der Waals surface area contributed by atoms with Crippen LogP contribution >= 0.6 is 22.6 Å². The first-order valence-corrected chi connectivity index (χ1v) is 11.9. The number of imide groups is 1. The highest BCUT2D eigenvalue weighted by Crippen LogP contribution is 2.28. The minimum Gasteiger partial charge on any atom is -0.496 e. The zero-order valence-corrected chi connectivity index (χ0v) is 22.9. The molecule has 0 aliphatic rings. The summed E-state index contributed by atoms with van der Waals surface area (Å²) in [7, 11) is 1.45. The van der Waals surface area contributed by atoms with Crippen molar-refractivity contribution >= 4 is 46.5 Å². The maximum Gasteiger partial charge on any atom is 0.438 e. The Bertz CT molecular complexity index is 1140. The SMILES string of the molecule is COc1cccc(C(=O)N(C(=O)OC(I)C(=O)O)N(C(=O)c2cc(C)cc(C)c2)C(C)(C)C)c1C. The molecule has 0 saturated heterocycles. The Balaban J connectivity index is 2.73. The number of carboxylic acid groups (broad SMARTS) is 1. The number of nitrogens with zero attached hydrogens (tertiary/aromatic N) is 2. The molecule has 0 radical (unpaired) electrons. The Hall–Kier alpha value is -3.15. The first kappa shape index (κ1) is 28.1. The van der Waals surface area contributed by atoms with E-state index in [1.807, 2.05) is 19.9 Å². The summed E-state index contributed by atoms with van der Waals surface area (Å²) < 4.78 is 8.76. The fraction of sp³-hybridized carbons (Fsp3) is 0.360. The summed E-state index contributed by atoms with van der Waals surface area (Å²) in [6.07, 6.45) is -1.30. The van der Waals surface area contributed by atoms with Crippen LogP contribution in [0.25, 0.3) is 0 Å². The Morgan fingerprint density at radius 3 is 2.03 bits per heavy atom. The van der Waals surface area contributed by atoms with E-state index in [0.717, 1.165) is 16.1 Å². The molecule has 0 saturated carbocycles. The highest BCUT2D eigenvalue weighted by atomic mass is 127. The summed E-state index contributed by atoms with van der Waals surface area (Å²) in [5.41, 5.74) is 1.35. The number of aryl methyl sites for hydroxylation is 2. The number of alkyl halides is 1. The molecule has 9 nitrogen and oxygen atoms in total. The lowest BCUT2D eigenvalue weighted by molar-refractivity contribution is -0.142. The molecule has 0 heterocycles. The molecule has 1 unspecified atom stereocenters. The number of halogens is 1. The number of hydrogen-bond donors (Lipinski definition) is 1. The molecule has 35 heavy (non-hydrogen) atoms. The van der Waals surface area contributed by atoms with Crippen LogP contribution in [0.2, 0.25) is 0 Å². The summed E-state index contributed by atoms with van der Waals surface area (Å²) >= 11 is 1.41. The van der Waals surface area contributed by atoms with E-state index in [2.05, 4.69) is 0 Å². The quantitative estimate of drug-likeness (QED) is 0.297. The van der Waals surface area contributed by atoms with Crippen LogP contribution in [0.4, 0.5) is 4.79 Å². The first-order chi connectivity index (χ1) is 16.2. The van der Waals surface area contributed by atoms with Crippen molar-refractivity contribution in [1.82, 2.24) is 10.0 Å². The van der Waals surface area contributed by atoms with Gasteiger partial charge in [0, 0.05) is 16.7 Å². The molecular formula is C25H29IN2O7. The van der Waals surface area contributed by atoms with Gasteiger partial charge in [-0.2, -0.15) is 0 Å². The minimum absolute atomic E-state index is 0.0871. The van der Waals surface area contributed by atoms with E-state index in [0.29, 0.717) is 16.3 Å². The average Bonchev–Trinajstić information content (AvgIpc) is 2.74. The third-order valence-electron chi connectivity index (χ3n) is 4.99. The highest BCUT2D eigenvalue weighted by Gasteiger charge is 2.42. The number of rotatable bonds is 5. The lowest BCUT2D eigenvalue weighted by Gasteiger charge is -2.41. The first-order valence-electron chi connectivity index (χ1n) is 10.7. The Morgan fingerprint density at radius 1 is 0.971 bits per heavy atom. The third-order valence-corrected chi connectivity index (χ3v) is 5.78. The fourth-order valence-corrected chi connectivity index (χ4v) is 3.76. The van der Waals surface area contributed by atoms with Crippen molar-refractivity contribution in [2.45, 2.75) is 51.2 Å². The molecule has 0 aliphatic heterocycles. The number of benzene rings is 2. The van der Waals surface area contributed by atoms with E-state index in [1.54, 1.807) is 52.0 Å². The summed E-state index contributed by atoms with van der Waals surface area (Å²) in [5, 5.41) is 10.8. The number of amides is 3. The molecule has 0 bridgehead atoms. The van der Waals surface area contributed by atoms with Gasteiger partial charge in [-0.15, -0.1) is 5.01 Å². The lowest BCUT2D eigenvalue weighted by Crippen LogP contribution is -2.60. The van der Waals surface area contributed by atoms with E-state index in [1.165, 1.54) is 35.8 Å². The van der Waals surface area contributed by atoms with Crippen molar-refractivity contribution < 1.29 is 33.8 Å². The van der Waals surface area contributed by atoms with Crippen LogP contribution in [0.1, 0.15) is 58.2 Å². The average molecular weight is 596 g/mol. The number of methoxy groups -OCH3 is 1. The Kier molecular flexibility index (Phi) is 8.88. The number of carbonyl (C=O) groups excluding carboxylic acids is 3. The molecular weight excluding hydrogens is 567 g/mol. The van der Waals surface area contributed by atoms with E-state index < -0.39 is 33.5 Å². The van der Waals surface area contributed by atoms with Crippen LogP contribution in [-0.4, -0.2) is 55.8 Å². The summed E-state index contributed by atoms with van der Waals surface area (Å²) in [5.74, 6) is -2.50. The summed E-state index contributed by atoms with van der Waals surface area (Å²) in [6.45, 7) is 10.3. The van der Waals surface area contributed by atoms with Gasteiger partial charge >= 0.3 is 12.1 Å². The summed E-state index contributed by atoms with van der Waals surface area (Å²) in [4.78, 5) is 52.2. The molecule has 1 atom stereocenters. The highest BCUT2D eigenvalue weighted by molar-refractivity contribution is 14.1. The maximum atomic E-state index is 13.8.